The first-order valence-electron chi connectivity index (χ1n) is 6.56. The molecule has 0 amide bonds. The van der Waals surface area contributed by atoms with Crippen LogP contribution in [0.1, 0.15) is 21.5 Å². The molecule has 0 aliphatic rings. The van der Waals surface area contributed by atoms with Gasteiger partial charge in [-0.3, -0.25) is 4.79 Å². The number of carbonyl (C=O) groups is 1. The highest BCUT2D eigenvalue weighted by Crippen LogP contribution is 2.25. The van der Waals surface area contributed by atoms with Crippen LogP contribution in [0.25, 0.3) is 10.8 Å². The minimum Gasteiger partial charge on any atom is -0.289 e. The van der Waals surface area contributed by atoms with Crippen molar-refractivity contribution in [2.75, 3.05) is 0 Å². The van der Waals surface area contributed by atoms with Crippen molar-refractivity contribution in [3.63, 3.8) is 0 Å². The van der Waals surface area contributed by atoms with Crippen LogP contribution in [0.15, 0.2) is 59.1 Å². The number of ketones is 1. The number of fused-ring (bicyclic) bond motifs is 1. The molecule has 0 heterocycles. The van der Waals surface area contributed by atoms with E-state index in [0.29, 0.717) is 21.9 Å². The summed E-state index contributed by atoms with van der Waals surface area (Å²) in [4.78, 5) is 12.7. The Hall–Kier alpha value is -2.00. The first-order valence-corrected chi connectivity index (χ1v) is 7.35. The molecule has 0 aliphatic carbocycles. The van der Waals surface area contributed by atoms with E-state index in [1.165, 1.54) is 6.07 Å². The van der Waals surface area contributed by atoms with Gasteiger partial charge in [-0.1, -0.05) is 40.2 Å². The van der Waals surface area contributed by atoms with Gasteiger partial charge in [0.1, 0.15) is 5.82 Å². The monoisotopic (exact) mass is 342 g/mol. The Labute approximate surface area is 130 Å². The van der Waals surface area contributed by atoms with Gasteiger partial charge >= 0.3 is 0 Å². The normalized spacial score (nSPS) is 10.8. The van der Waals surface area contributed by atoms with Gasteiger partial charge in [0.15, 0.2) is 5.78 Å². The fourth-order valence-electron chi connectivity index (χ4n) is 2.40. The summed E-state index contributed by atoms with van der Waals surface area (Å²) in [5, 5.41) is 1.11. The van der Waals surface area contributed by atoms with Crippen molar-refractivity contribution >= 4 is 32.5 Å². The van der Waals surface area contributed by atoms with Crippen molar-refractivity contribution in [1.82, 2.24) is 0 Å². The number of carbonyl (C=O) groups excluding carboxylic acids is 1. The molecule has 0 fully saturated rings. The summed E-state index contributed by atoms with van der Waals surface area (Å²) in [6, 6.07) is 15.4. The van der Waals surface area contributed by atoms with E-state index in [9.17, 15) is 9.18 Å². The number of benzene rings is 3. The first kappa shape index (κ1) is 14.0. The van der Waals surface area contributed by atoms with Gasteiger partial charge in [0.25, 0.3) is 0 Å². The highest BCUT2D eigenvalue weighted by atomic mass is 79.9. The molecule has 0 unspecified atom stereocenters. The lowest BCUT2D eigenvalue weighted by molar-refractivity contribution is 0.104. The van der Waals surface area contributed by atoms with E-state index in [-0.39, 0.29) is 11.6 Å². The predicted molar refractivity (Wildman–Crippen MR) is 86.2 cm³/mol. The molecule has 3 aromatic carbocycles. The molecule has 0 spiro atoms. The van der Waals surface area contributed by atoms with E-state index in [0.717, 1.165) is 10.0 Å². The van der Waals surface area contributed by atoms with Crippen LogP contribution in [0.5, 0.6) is 0 Å². The summed E-state index contributed by atoms with van der Waals surface area (Å²) < 4.78 is 14.8. The summed E-state index contributed by atoms with van der Waals surface area (Å²) in [6.07, 6.45) is 0. The molecule has 0 saturated carbocycles. The van der Waals surface area contributed by atoms with Crippen LogP contribution in [-0.4, -0.2) is 5.78 Å². The first-order chi connectivity index (χ1) is 10.1. The lowest BCUT2D eigenvalue weighted by atomic mass is 9.96. The molecular formula is C18H12BrFO. The zero-order chi connectivity index (χ0) is 15.0. The standard InChI is InChI=1S/C18H12BrFO/c1-11-10-12(6-8-16(11)19)18(21)15-7-9-17(20)14-5-3-2-4-13(14)15/h2-10H,1H3. The Kier molecular flexibility index (Phi) is 3.60. The summed E-state index contributed by atoms with van der Waals surface area (Å²) in [5.41, 5.74) is 2.12. The van der Waals surface area contributed by atoms with Crippen LogP contribution in [-0.2, 0) is 0 Å². The van der Waals surface area contributed by atoms with E-state index < -0.39 is 0 Å². The number of hydrogen-bond acceptors (Lipinski definition) is 1. The van der Waals surface area contributed by atoms with Crippen molar-refractivity contribution in [3.05, 3.63) is 81.6 Å². The van der Waals surface area contributed by atoms with E-state index in [1.54, 1.807) is 30.3 Å². The maximum atomic E-state index is 13.8. The quantitative estimate of drug-likeness (QED) is 0.579. The Balaban J connectivity index is 2.18. The van der Waals surface area contributed by atoms with E-state index in [4.69, 9.17) is 0 Å². The van der Waals surface area contributed by atoms with Crippen molar-refractivity contribution in [1.29, 1.82) is 0 Å². The molecular weight excluding hydrogens is 331 g/mol. The third kappa shape index (κ3) is 2.49. The van der Waals surface area contributed by atoms with E-state index in [1.807, 2.05) is 25.1 Å². The average Bonchev–Trinajstić information content (AvgIpc) is 2.50. The molecule has 0 aliphatic heterocycles. The molecule has 3 heteroatoms. The van der Waals surface area contributed by atoms with Crippen LogP contribution >= 0.6 is 15.9 Å². The molecule has 0 atom stereocenters. The number of rotatable bonds is 2. The Morgan fingerprint density at radius 3 is 2.43 bits per heavy atom. The molecule has 104 valence electrons. The van der Waals surface area contributed by atoms with Gasteiger partial charge in [-0.25, -0.2) is 4.39 Å². The third-order valence-corrected chi connectivity index (χ3v) is 4.43. The molecule has 0 bridgehead atoms. The van der Waals surface area contributed by atoms with Gasteiger partial charge in [0.2, 0.25) is 0 Å². The van der Waals surface area contributed by atoms with Crippen LogP contribution in [0.2, 0.25) is 0 Å². The number of halogens is 2. The second-order valence-electron chi connectivity index (χ2n) is 4.93. The maximum absolute atomic E-state index is 13.8. The lowest BCUT2D eigenvalue weighted by Gasteiger charge is -2.08. The Morgan fingerprint density at radius 2 is 1.71 bits per heavy atom. The second kappa shape index (κ2) is 5.41. The predicted octanol–water partition coefficient (Wildman–Crippen LogP) is 5.28. The Morgan fingerprint density at radius 1 is 1.00 bits per heavy atom. The molecule has 3 rings (SSSR count). The number of hydrogen-bond donors (Lipinski definition) is 0. The van der Waals surface area contributed by atoms with Gasteiger partial charge in [-0.05, 0) is 48.2 Å². The van der Waals surface area contributed by atoms with Crippen LogP contribution in [0.4, 0.5) is 4.39 Å². The minimum atomic E-state index is -0.311. The van der Waals surface area contributed by atoms with Crippen LogP contribution < -0.4 is 0 Å². The van der Waals surface area contributed by atoms with Gasteiger partial charge in [0, 0.05) is 21.0 Å². The molecule has 0 aromatic heterocycles. The zero-order valence-electron chi connectivity index (χ0n) is 11.4. The lowest BCUT2D eigenvalue weighted by Crippen LogP contribution is -2.03. The molecule has 21 heavy (non-hydrogen) atoms. The van der Waals surface area contributed by atoms with Gasteiger partial charge in [0.05, 0.1) is 0 Å². The van der Waals surface area contributed by atoms with Crippen molar-refractivity contribution in [2.45, 2.75) is 6.92 Å². The average molecular weight is 343 g/mol. The van der Waals surface area contributed by atoms with Crippen molar-refractivity contribution in [2.24, 2.45) is 0 Å². The van der Waals surface area contributed by atoms with Crippen molar-refractivity contribution in [3.8, 4) is 0 Å². The van der Waals surface area contributed by atoms with Crippen molar-refractivity contribution < 1.29 is 9.18 Å². The van der Waals surface area contributed by atoms with Gasteiger partial charge < -0.3 is 0 Å². The fraction of sp³-hybridized carbons (Fsp3) is 0.0556. The van der Waals surface area contributed by atoms with E-state index in [2.05, 4.69) is 15.9 Å². The molecule has 0 N–H and O–H groups in total. The highest BCUT2D eigenvalue weighted by Gasteiger charge is 2.14. The SMILES string of the molecule is Cc1cc(C(=O)c2ccc(F)c3ccccc23)ccc1Br. The highest BCUT2D eigenvalue weighted by molar-refractivity contribution is 9.10. The summed E-state index contributed by atoms with van der Waals surface area (Å²) in [7, 11) is 0. The maximum Gasteiger partial charge on any atom is 0.193 e. The largest absolute Gasteiger partial charge is 0.289 e. The summed E-state index contributed by atoms with van der Waals surface area (Å²) in [5.74, 6) is -0.407. The number of aryl methyl sites for hydroxylation is 1. The third-order valence-electron chi connectivity index (χ3n) is 3.54. The fourth-order valence-corrected chi connectivity index (χ4v) is 2.65. The molecule has 0 radical (unpaired) electrons. The van der Waals surface area contributed by atoms with Crippen LogP contribution in [0.3, 0.4) is 0 Å². The molecule has 3 aromatic rings. The molecule has 1 nitrogen and oxygen atoms in total. The smallest absolute Gasteiger partial charge is 0.193 e. The van der Waals surface area contributed by atoms with Gasteiger partial charge in [-0.2, -0.15) is 0 Å². The Bertz CT molecular complexity index is 855. The summed E-state index contributed by atoms with van der Waals surface area (Å²) >= 11 is 3.42. The zero-order valence-corrected chi connectivity index (χ0v) is 12.9. The minimum absolute atomic E-state index is 0.0956. The topological polar surface area (TPSA) is 17.1 Å². The summed E-state index contributed by atoms with van der Waals surface area (Å²) in [6.45, 7) is 1.93. The second-order valence-corrected chi connectivity index (χ2v) is 5.79. The van der Waals surface area contributed by atoms with Crippen LogP contribution in [0, 0.1) is 12.7 Å². The van der Waals surface area contributed by atoms with E-state index >= 15 is 0 Å². The molecule has 0 saturated heterocycles. The van der Waals surface area contributed by atoms with Gasteiger partial charge in [-0.15, -0.1) is 0 Å².